The van der Waals surface area contributed by atoms with Gasteiger partial charge in [-0.3, -0.25) is 9.48 Å². The van der Waals surface area contributed by atoms with Crippen LogP contribution >= 0.6 is 0 Å². The van der Waals surface area contributed by atoms with Crippen molar-refractivity contribution in [3.05, 3.63) is 18.0 Å². The van der Waals surface area contributed by atoms with Crippen molar-refractivity contribution >= 4 is 5.78 Å². The van der Waals surface area contributed by atoms with Crippen LogP contribution in [0.1, 0.15) is 43.6 Å². The third-order valence-electron chi connectivity index (χ3n) is 1.91. The van der Waals surface area contributed by atoms with Crippen LogP contribution in [0.3, 0.4) is 0 Å². The molecule has 0 saturated heterocycles. The zero-order valence-corrected chi connectivity index (χ0v) is 8.29. The van der Waals surface area contributed by atoms with Crippen LogP contribution in [0.25, 0.3) is 0 Å². The van der Waals surface area contributed by atoms with E-state index < -0.39 is 0 Å². The lowest BCUT2D eigenvalue weighted by molar-refractivity contribution is 0.0971. The summed E-state index contributed by atoms with van der Waals surface area (Å²) in [5, 5.41) is 4.11. The topological polar surface area (TPSA) is 34.9 Å². The summed E-state index contributed by atoms with van der Waals surface area (Å²) in [6, 6.07) is 1.80. The number of aryl methyl sites for hydroxylation is 1. The molecule has 3 nitrogen and oxygen atoms in total. The van der Waals surface area contributed by atoms with Crippen LogP contribution in [0.5, 0.6) is 0 Å². The third-order valence-corrected chi connectivity index (χ3v) is 1.91. The van der Waals surface area contributed by atoms with E-state index in [9.17, 15) is 4.79 Å². The fourth-order valence-electron chi connectivity index (χ4n) is 1.31. The zero-order valence-electron chi connectivity index (χ0n) is 8.29. The molecular formula is C10H16N2O. The monoisotopic (exact) mass is 180 g/mol. The van der Waals surface area contributed by atoms with E-state index in [0.29, 0.717) is 6.42 Å². The van der Waals surface area contributed by atoms with E-state index in [0.717, 1.165) is 25.1 Å². The highest BCUT2D eigenvalue weighted by atomic mass is 16.1. The van der Waals surface area contributed by atoms with Gasteiger partial charge in [0, 0.05) is 19.2 Å². The molecule has 1 aromatic heterocycles. The van der Waals surface area contributed by atoms with E-state index in [1.165, 1.54) is 0 Å². The van der Waals surface area contributed by atoms with Gasteiger partial charge in [0.1, 0.15) is 5.69 Å². The summed E-state index contributed by atoms with van der Waals surface area (Å²) in [4.78, 5) is 11.5. The van der Waals surface area contributed by atoms with Gasteiger partial charge >= 0.3 is 0 Å². The first-order chi connectivity index (χ1) is 6.29. The molecule has 72 valence electrons. The van der Waals surface area contributed by atoms with Gasteiger partial charge < -0.3 is 0 Å². The first-order valence-corrected chi connectivity index (χ1v) is 4.84. The second kappa shape index (κ2) is 4.80. The van der Waals surface area contributed by atoms with E-state index in [2.05, 4.69) is 12.0 Å². The Hall–Kier alpha value is -1.12. The van der Waals surface area contributed by atoms with Crippen molar-refractivity contribution in [2.75, 3.05) is 0 Å². The summed E-state index contributed by atoms with van der Waals surface area (Å²) in [5.41, 5.74) is 0.753. The Bertz CT molecular complexity index is 278. The average Bonchev–Trinajstić information content (AvgIpc) is 2.54. The van der Waals surface area contributed by atoms with Crippen molar-refractivity contribution in [3.63, 3.8) is 0 Å². The average molecular weight is 180 g/mol. The van der Waals surface area contributed by atoms with Crippen molar-refractivity contribution in [3.8, 4) is 0 Å². The summed E-state index contributed by atoms with van der Waals surface area (Å²) in [6.45, 7) is 4.92. The van der Waals surface area contributed by atoms with Crippen LogP contribution in [0.2, 0.25) is 0 Å². The number of ketones is 1. The molecule has 0 radical (unpaired) electrons. The molecule has 1 heterocycles. The van der Waals surface area contributed by atoms with Crippen molar-refractivity contribution in [1.29, 1.82) is 0 Å². The largest absolute Gasteiger partial charge is 0.292 e. The predicted octanol–water partition coefficient (Wildman–Crippen LogP) is 2.28. The smallest absolute Gasteiger partial charge is 0.180 e. The molecular weight excluding hydrogens is 164 g/mol. The second-order valence-corrected chi connectivity index (χ2v) is 3.11. The Morgan fingerprint density at radius 3 is 2.85 bits per heavy atom. The molecule has 0 aromatic carbocycles. The lowest BCUT2D eigenvalue weighted by atomic mass is 10.2. The van der Waals surface area contributed by atoms with Gasteiger partial charge in [-0.25, -0.2) is 0 Å². The van der Waals surface area contributed by atoms with Crippen LogP contribution in [0.4, 0.5) is 0 Å². The molecule has 3 heteroatoms. The highest BCUT2D eigenvalue weighted by Gasteiger charge is 2.09. The summed E-state index contributed by atoms with van der Waals surface area (Å²) in [5.74, 6) is 0.202. The van der Waals surface area contributed by atoms with Gasteiger partial charge in [-0.15, -0.1) is 0 Å². The number of Topliss-reactive ketones (excluding diaryl/α,β-unsaturated/α-hetero) is 1. The first-order valence-electron chi connectivity index (χ1n) is 4.84. The maximum Gasteiger partial charge on any atom is 0.180 e. The molecule has 1 rings (SSSR count). The molecule has 0 fully saturated rings. The third kappa shape index (κ3) is 2.41. The van der Waals surface area contributed by atoms with E-state index in [1.54, 1.807) is 16.9 Å². The van der Waals surface area contributed by atoms with E-state index >= 15 is 0 Å². The fraction of sp³-hybridized carbons (Fsp3) is 0.600. The second-order valence-electron chi connectivity index (χ2n) is 3.11. The highest BCUT2D eigenvalue weighted by Crippen LogP contribution is 2.05. The Kier molecular flexibility index (Phi) is 3.68. The molecule has 0 unspecified atom stereocenters. The van der Waals surface area contributed by atoms with Gasteiger partial charge in [0.05, 0.1) is 0 Å². The standard InChI is InChI=1S/C10H16N2O/c1-3-5-10(13)9-6-7-11-12(9)8-4-2/h6-7H,3-5,8H2,1-2H3. The van der Waals surface area contributed by atoms with E-state index in [1.807, 2.05) is 6.92 Å². The molecule has 0 aliphatic rings. The van der Waals surface area contributed by atoms with Gasteiger partial charge in [-0.05, 0) is 18.9 Å². The van der Waals surface area contributed by atoms with Gasteiger partial charge in [0.2, 0.25) is 0 Å². The van der Waals surface area contributed by atoms with Crippen molar-refractivity contribution in [1.82, 2.24) is 9.78 Å². The van der Waals surface area contributed by atoms with Crippen LogP contribution in [0.15, 0.2) is 12.3 Å². The molecule has 0 bridgehead atoms. The molecule has 0 N–H and O–H groups in total. The number of hydrogen-bond acceptors (Lipinski definition) is 2. The minimum absolute atomic E-state index is 0.202. The SMILES string of the molecule is CCCC(=O)c1ccnn1CCC. The van der Waals surface area contributed by atoms with Gasteiger partial charge in [0.15, 0.2) is 5.78 Å². The van der Waals surface area contributed by atoms with Gasteiger partial charge in [-0.1, -0.05) is 13.8 Å². The lowest BCUT2D eigenvalue weighted by Gasteiger charge is -2.03. The molecule has 0 spiro atoms. The molecule has 0 amide bonds. The minimum atomic E-state index is 0.202. The number of carbonyl (C=O) groups excluding carboxylic acids is 1. The lowest BCUT2D eigenvalue weighted by Crippen LogP contribution is -2.09. The molecule has 0 saturated carbocycles. The maximum absolute atomic E-state index is 11.5. The zero-order chi connectivity index (χ0) is 9.68. The molecule has 13 heavy (non-hydrogen) atoms. The summed E-state index contributed by atoms with van der Waals surface area (Å²) in [7, 11) is 0. The van der Waals surface area contributed by atoms with Gasteiger partial charge in [0.25, 0.3) is 0 Å². The number of nitrogens with zero attached hydrogens (tertiary/aromatic N) is 2. The van der Waals surface area contributed by atoms with Crippen molar-refractivity contribution in [2.24, 2.45) is 0 Å². The number of aromatic nitrogens is 2. The van der Waals surface area contributed by atoms with Crippen LogP contribution in [-0.4, -0.2) is 15.6 Å². The Labute approximate surface area is 78.8 Å². The van der Waals surface area contributed by atoms with Crippen LogP contribution in [0, 0.1) is 0 Å². The van der Waals surface area contributed by atoms with Gasteiger partial charge in [-0.2, -0.15) is 5.10 Å². The van der Waals surface area contributed by atoms with E-state index in [4.69, 9.17) is 0 Å². The number of carbonyl (C=O) groups is 1. The molecule has 0 atom stereocenters. The normalized spacial score (nSPS) is 10.3. The first kappa shape index (κ1) is 9.96. The molecule has 0 aliphatic carbocycles. The minimum Gasteiger partial charge on any atom is -0.292 e. The van der Waals surface area contributed by atoms with Crippen molar-refractivity contribution < 1.29 is 4.79 Å². The summed E-state index contributed by atoms with van der Waals surface area (Å²) < 4.78 is 1.79. The Balaban J connectivity index is 2.74. The van der Waals surface area contributed by atoms with E-state index in [-0.39, 0.29) is 5.78 Å². The molecule has 0 aliphatic heterocycles. The predicted molar refractivity (Wildman–Crippen MR) is 51.8 cm³/mol. The number of hydrogen-bond donors (Lipinski definition) is 0. The highest BCUT2D eigenvalue weighted by molar-refractivity contribution is 5.94. The Morgan fingerprint density at radius 1 is 1.46 bits per heavy atom. The fourth-order valence-corrected chi connectivity index (χ4v) is 1.31. The van der Waals surface area contributed by atoms with Crippen LogP contribution < -0.4 is 0 Å². The van der Waals surface area contributed by atoms with Crippen LogP contribution in [-0.2, 0) is 6.54 Å². The maximum atomic E-state index is 11.5. The summed E-state index contributed by atoms with van der Waals surface area (Å²) >= 11 is 0. The Morgan fingerprint density at radius 2 is 2.23 bits per heavy atom. The van der Waals surface area contributed by atoms with Crippen molar-refractivity contribution in [2.45, 2.75) is 39.7 Å². The quantitative estimate of drug-likeness (QED) is 0.651. The molecule has 1 aromatic rings. The number of rotatable bonds is 5. The summed E-state index contributed by atoms with van der Waals surface area (Å²) in [6.07, 6.45) is 4.22.